The monoisotopic (exact) mass is 156 g/mol. The van der Waals surface area contributed by atoms with Crippen molar-refractivity contribution in [2.24, 2.45) is 11.3 Å². The van der Waals surface area contributed by atoms with Gasteiger partial charge in [0.2, 0.25) is 0 Å². The van der Waals surface area contributed by atoms with Gasteiger partial charge in [0, 0.05) is 0 Å². The molecular weight excluding hydrogens is 144 g/mol. The largest absolute Gasteiger partial charge is 0.481 e. The second-order valence-electron chi connectivity index (χ2n) is 3.82. The summed E-state index contributed by atoms with van der Waals surface area (Å²) in [4.78, 5) is 10.8. The second-order valence-corrected chi connectivity index (χ2v) is 3.82. The Bertz CT molecular complexity index is 202. The number of carboxylic acids is 1. The average molecular weight is 156 g/mol. The predicted octanol–water partition coefficient (Wildman–Crippen LogP) is 0.622. The third-order valence-electron chi connectivity index (χ3n) is 3.27. The lowest BCUT2D eigenvalue weighted by molar-refractivity contribution is -0.154. The van der Waals surface area contributed by atoms with Gasteiger partial charge >= 0.3 is 5.97 Å². The van der Waals surface area contributed by atoms with Crippen LogP contribution in [-0.2, 0) is 4.79 Å². The molecule has 0 saturated heterocycles. The van der Waals surface area contributed by atoms with Gasteiger partial charge in [0.15, 0.2) is 0 Å². The lowest BCUT2D eigenvalue weighted by atomic mass is 9.82. The first kappa shape index (κ1) is 7.10. The number of aliphatic hydroxyl groups is 1. The smallest absolute Gasteiger partial charge is 0.312 e. The number of fused-ring (bicyclic) bond motifs is 2. The third kappa shape index (κ3) is 0.745. The van der Waals surface area contributed by atoms with Crippen molar-refractivity contribution < 1.29 is 15.0 Å². The summed E-state index contributed by atoms with van der Waals surface area (Å²) in [6.45, 7) is 0. The quantitative estimate of drug-likeness (QED) is 0.585. The molecule has 2 rings (SSSR count). The van der Waals surface area contributed by atoms with Crippen molar-refractivity contribution in [1.29, 1.82) is 0 Å². The molecule has 2 aliphatic rings. The molecule has 0 amide bonds. The number of aliphatic hydroxyl groups excluding tert-OH is 1. The SMILES string of the molecule is O=C(O)[C@]12CC[C@H](C[C@H]1O)C2. The lowest BCUT2D eigenvalue weighted by Crippen LogP contribution is -2.37. The van der Waals surface area contributed by atoms with Crippen LogP contribution in [0.15, 0.2) is 0 Å². The van der Waals surface area contributed by atoms with Crippen molar-refractivity contribution in [1.82, 2.24) is 0 Å². The molecule has 2 aliphatic carbocycles. The number of hydrogen-bond donors (Lipinski definition) is 2. The van der Waals surface area contributed by atoms with Crippen LogP contribution in [0.2, 0.25) is 0 Å². The number of aliphatic carboxylic acids is 1. The molecule has 0 heterocycles. The molecule has 2 fully saturated rings. The summed E-state index contributed by atoms with van der Waals surface area (Å²) in [5.41, 5.74) is -0.759. The number of carboxylic acid groups (broad SMARTS) is 1. The Morgan fingerprint density at radius 2 is 2.27 bits per heavy atom. The molecule has 0 spiro atoms. The van der Waals surface area contributed by atoms with Crippen LogP contribution in [0.25, 0.3) is 0 Å². The van der Waals surface area contributed by atoms with Gasteiger partial charge in [-0.05, 0) is 31.6 Å². The van der Waals surface area contributed by atoms with E-state index in [2.05, 4.69) is 0 Å². The second kappa shape index (κ2) is 1.97. The standard InChI is InChI=1S/C8H12O3/c9-6-3-5-1-2-8(6,4-5)7(10)11/h5-6,9H,1-4H2,(H,10,11)/t5-,6-,8+/m1/s1. The van der Waals surface area contributed by atoms with Gasteiger partial charge in [-0.15, -0.1) is 0 Å². The molecular formula is C8H12O3. The topological polar surface area (TPSA) is 57.5 Å². The highest BCUT2D eigenvalue weighted by molar-refractivity contribution is 5.76. The Hall–Kier alpha value is -0.570. The van der Waals surface area contributed by atoms with Gasteiger partial charge in [-0.25, -0.2) is 0 Å². The van der Waals surface area contributed by atoms with Gasteiger partial charge in [-0.1, -0.05) is 0 Å². The fraction of sp³-hybridized carbons (Fsp3) is 0.875. The Morgan fingerprint density at radius 3 is 2.55 bits per heavy atom. The van der Waals surface area contributed by atoms with Crippen LogP contribution in [-0.4, -0.2) is 22.3 Å². The molecule has 3 heteroatoms. The van der Waals surface area contributed by atoms with Crippen LogP contribution in [0.1, 0.15) is 25.7 Å². The zero-order valence-electron chi connectivity index (χ0n) is 6.29. The van der Waals surface area contributed by atoms with E-state index >= 15 is 0 Å². The lowest BCUT2D eigenvalue weighted by Gasteiger charge is -2.26. The van der Waals surface area contributed by atoms with E-state index in [-0.39, 0.29) is 0 Å². The average Bonchev–Trinajstić information content (AvgIpc) is 2.43. The van der Waals surface area contributed by atoms with Crippen LogP contribution in [0.5, 0.6) is 0 Å². The van der Waals surface area contributed by atoms with E-state index in [1.807, 2.05) is 0 Å². The number of rotatable bonds is 1. The Balaban J connectivity index is 2.29. The van der Waals surface area contributed by atoms with Crippen LogP contribution in [0.3, 0.4) is 0 Å². The van der Waals surface area contributed by atoms with E-state index in [9.17, 15) is 9.90 Å². The summed E-state index contributed by atoms with van der Waals surface area (Å²) < 4.78 is 0. The first-order valence-electron chi connectivity index (χ1n) is 4.06. The molecule has 2 bridgehead atoms. The Labute approximate surface area is 65.0 Å². The molecule has 62 valence electrons. The maximum Gasteiger partial charge on any atom is 0.312 e. The molecule has 11 heavy (non-hydrogen) atoms. The van der Waals surface area contributed by atoms with Crippen LogP contribution < -0.4 is 0 Å². The van der Waals surface area contributed by atoms with Crippen molar-refractivity contribution in [2.45, 2.75) is 31.8 Å². The summed E-state index contributed by atoms with van der Waals surface area (Å²) in [5.74, 6) is -0.328. The molecule has 3 atom stereocenters. The number of hydrogen-bond acceptors (Lipinski definition) is 2. The summed E-state index contributed by atoms with van der Waals surface area (Å²) >= 11 is 0. The van der Waals surface area contributed by atoms with Gasteiger partial charge in [-0.3, -0.25) is 4.79 Å². The Kier molecular flexibility index (Phi) is 1.27. The van der Waals surface area contributed by atoms with Crippen LogP contribution >= 0.6 is 0 Å². The minimum absolute atomic E-state index is 0.473. The van der Waals surface area contributed by atoms with E-state index in [0.29, 0.717) is 25.2 Å². The first-order valence-corrected chi connectivity index (χ1v) is 4.06. The summed E-state index contributed by atoms with van der Waals surface area (Å²) in [6.07, 6.45) is 2.48. The first-order chi connectivity index (χ1) is 5.15. The van der Waals surface area contributed by atoms with Crippen molar-refractivity contribution in [3.63, 3.8) is 0 Å². The molecule has 0 aromatic carbocycles. The van der Waals surface area contributed by atoms with E-state index in [4.69, 9.17) is 5.11 Å². The van der Waals surface area contributed by atoms with Gasteiger partial charge < -0.3 is 10.2 Å². The summed E-state index contributed by atoms with van der Waals surface area (Å²) in [5, 5.41) is 18.4. The number of carbonyl (C=O) groups is 1. The molecule has 0 aliphatic heterocycles. The summed E-state index contributed by atoms with van der Waals surface area (Å²) in [7, 11) is 0. The minimum atomic E-state index is -0.801. The predicted molar refractivity (Wildman–Crippen MR) is 38.0 cm³/mol. The zero-order chi connectivity index (χ0) is 8.06. The van der Waals surface area contributed by atoms with Gasteiger partial charge in [0.05, 0.1) is 11.5 Å². The molecule has 0 aromatic rings. The molecule has 0 unspecified atom stereocenters. The van der Waals surface area contributed by atoms with Gasteiger partial charge in [-0.2, -0.15) is 0 Å². The highest BCUT2D eigenvalue weighted by Gasteiger charge is 2.56. The minimum Gasteiger partial charge on any atom is -0.481 e. The van der Waals surface area contributed by atoms with Gasteiger partial charge in [0.25, 0.3) is 0 Å². The molecule has 2 saturated carbocycles. The molecule has 2 N–H and O–H groups in total. The highest BCUT2D eigenvalue weighted by atomic mass is 16.4. The van der Waals surface area contributed by atoms with E-state index in [1.54, 1.807) is 0 Å². The van der Waals surface area contributed by atoms with Crippen molar-refractivity contribution in [2.75, 3.05) is 0 Å². The van der Waals surface area contributed by atoms with E-state index in [0.717, 1.165) is 6.42 Å². The molecule has 0 aromatic heterocycles. The molecule has 3 nitrogen and oxygen atoms in total. The zero-order valence-corrected chi connectivity index (χ0v) is 6.29. The van der Waals surface area contributed by atoms with Crippen LogP contribution in [0.4, 0.5) is 0 Å². The normalized spacial score (nSPS) is 48.1. The van der Waals surface area contributed by atoms with Crippen molar-refractivity contribution >= 4 is 5.97 Å². The fourth-order valence-electron chi connectivity index (χ4n) is 2.56. The highest BCUT2D eigenvalue weighted by Crippen LogP contribution is 2.54. The third-order valence-corrected chi connectivity index (χ3v) is 3.27. The van der Waals surface area contributed by atoms with E-state index < -0.39 is 17.5 Å². The maximum absolute atomic E-state index is 10.8. The van der Waals surface area contributed by atoms with Gasteiger partial charge in [0.1, 0.15) is 0 Å². The van der Waals surface area contributed by atoms with Crippen molar-refractivity contribution in [3.8, 4) is 0 Å². The Morgan fingerprint density at radius 1 is 1.55 bits per heavy atom. The summed E-state index contributed by atoms with van der Waals surface area (Å²) in [6, 6.07) is 0. The van der Waals surface area contributed by atoms with E-state index in [1.165, 1.54) is 0 Å². The van der Waals surface area contributed by atoms with Crippen LogP contribution in [0, 0.1) is 11.3 Å². The van der Waals surface area contributed by atoms with Crippen molar-refractivity contribution in [3.05, 3.63) is 0 Å². The maximum atomic E-state index is 10.8. The molecule has 0 radical (unpaired) electrons. The fourth-order valence-corrected chi connectivity index (χ4v) is 2.56.